The SMILES string of the molecule is COC(=O)C1CCC(NC(=O)OC2CCCC2)CC1. The molecule has 19 heavy (non-hydrogen) atoms. The molecule has 0 saturated heterocycles. The third-order valence-electron chi connectivity index (χ3n) is 4.16. The number of hydrogen-bond donors (Lipinski definition) is 1. The Labute approximate surface area is 114 Å². The molecule has 2 aliphatic carbocycles. The van der Waals surface area contributed by atoms with E-state index < -0.39 is 0 Å². The number of carbonyl (C=O) groups excluding carboxylic acids is 2. The third-order valence-corrected chi connectivity index (χ3v) is 4.16. The fourth-order valence-electron chi connectivity index (χ4n) is 3.00. The van der Waals surface area contributed by atoms with Crippen molar-refractivity contribution in [3.8, 4) is 0 Å². The number of amides is 1. The van der Waals surface area contributed by atoms with Gasteiger partial charge in [0.2, 0.25) is 0 Å². The van der Waals surface area contributed by atoms with E-state index in [9.17, 15) is 9.59 Å². The molecule has 0 aromatic heterocycles. The minimum atomic E-state index is -0.298. The smallest absolute Gasteiger partial charge is 0.407 e. The molecule has 108 valence electrons. The van der Waals surface area contributed by atoms with Crippen LogP contribution in [0.2, 0.25) is 0 Å². The van der Waals surface area contributed by atoms with Gasteiger partial charge in [0.05, 0.1) is 13.0 Å². The van der Waals surface area contributed by atoms with Gasteiger partial charge in [-0.05, 0) is 51.4 Å². The van der Waals surface area contributed by atoms with Gasteiger partial charge in [0.15, 0.2) is 0 Å². The predicted molar refractivity (Wildman–Crippen MR) is 69.6 cm³/mol. The van der Waals surface area contributed by atoms with Crippen LogP contribution in [0.4, 0.5) is 4.79 Å². The van der Waals surface area contributed by atoms with Crippen molar-refractivity contribution in [2.24, 2.45) is 5.92 Å². The highest BCUT2D eigenvalue weighted by molar-refractivity contribution is 5.72. The van der Waals surface area contributed by atoms with Crippen molar-refractivity contribution in [1.82, 2.24) is 5.32 Å². The number of ether oxygens (including phenoxy) is 2. The topological polar surface area (TPSA) is 64.6 Å². The normalized spacial score (nSPS) is 27.8. The molecule has 1 amide bonds. The Morgan fingerprint density at radius 2 is 1.63 bits per heavy atom. The highest BCUT2D eigenvalue weighted by Crippen LogP contribution is 2.26. The van der Waals surface area contributed by atoms with E-state index in [0.29, 0.717) is 0 Å². The fraction of sp³-hybridized carbons (Fsp3) is 0.857. The Morgan fingerprint density at radius 3 is 2.21 bits per heavy atom. The minimum absolute atomic E-state index is 0.00565. The van der Waals surface area contributed by atoms with E-state index >= 15 is 0 Å². The van der Waals surface area contributed by atoms with Gasteiger partial charge in [0.25, 0.3) is 0 Å². The van der Waals surface area contributed by atoms with Crippen molar-refractivity contribution in [1.29, 1.82) is 0 Å². The second-order valence-electron chi connectivity index (χ2n) is 5.53. The van der Waals surface area contributed by atoms with E-state index in [1.807, 2.05) is 0 Å². The predicted octanol–water partition coefficient (Wildman–Crippen LogP) is 2.39. The van der Waals surface area contributed by atoms with Gasteiger partial charge in [0.1, 0.15) is 6.10 Å². The van der Waals surface area contributed by atoms with Crippen LogP contribution >= 0.6 is 0 Å². The summed E-state index contributed by atoms with van der Waals surface area (Å²) in [6.45, 7) is 0. The summed E-state index contributed by atoms with van der Waals surface area (Å²) in [5.74, 6) is -0.138. The first-order chi connectivity index (χ1) is 9.19. The summed E-state index contributed by atoms with van der Waals surface area (Å²) in [5.41, 5.74) is 0. The number of esters is 1. The molecule has 0 aromatic rings. The molecule has 5 nitrogen and oxygen atoms in total. The summed E-state index contributed by atoms with van der Waals surface area (Å²) in [6, 6.07) is 0.134. The number of hydrogen-bond acceptors (Lipinski definition) is 4. The number of alkyl carbamates (subject to hydrolysis) is 1. The highest BCUT2D eigenvalue weighted by atomic mass is 16.6. The molecule has 0 atom stereocenters. The van der Waals surface area contributed by atoms with E-state index in [1.165, 1.54) is 7.11 Å². The van der Waals surface area contributed by atoms with Gasteiger partial charge >= 0.3 is 12.1 Å². The monoisotopic (exact) mass is 269 g/mol. The quantitative estimate of drug-likeness (QED) is 0.799. The van der Waals surface area contributed by atoms with Crippen LogP contribution in [0.1, 0.15) is 51.4 Å². The minimum Gasteiger partial charge on any atom is -0.469 e. The number of nitrogens with one attached hydrogen (secondary N) is 1. The largest absolute Gasteiger partial charge is 0.469 e. The summed E-state index contributed by atoms with van der Waals surface area (Å²) in [5, 5.41) is 2.91. The van der Waals surface area contributed by atoms with Crippen molar-refractivity contribution < 1.29 is 19.1 Å². The molecule has 0 aliphatic heterocycles. The van der Waals surface area contributed by atoms with E-state index in [-0.39, 0.29) is 30.1 Å². The van der Waals surface area contributed by atoms with Crippen LogP contribution in [-0.2, 0) is 14.3 Å². The van der Waals surface area contributed by atoms with Crippen molar-refractivity contribution in [2.45, 2.75) is 63.5 Å². The Balaban J connectivity index is 1.67. The lowest BCUT2D eigenvalue weighted by atomic mass is 9.86. The number of carbonyl (C=O) groups is 2. The second kappa shape index (κ2) is 6.78. The Morgan fingerprint density at radius 1 is 1.00 bits per heavy atom. The fourth-order valence-corrected chi connectivity index (χ4v) is 3.00. The maximum atomic E-state index is 11.7. The van der Waals surface area contributed by atoms with Gasteiger partial charge in [0, 0.05) is 6.04 Å². The molecule has 1 N–H and O–H groups in total. The van der Waals surface area contributed by atoms with Crippen LogP contribution in [0.3, 0.4) is 0 Å². The van der Waals surface area contributed by atoms with E-state index in [2.05, 4.69) is 5.32 Å². The zero-order valence-electron chi connectivity index (χ0n) is 11.5. The lowest BCUT2D eigenvalue weighted by Crippen LogP contribution is -2.40. The van der Waals surface area contributed by atoms with Crippen molar-refractivity contribution in [3.63, 3.8) is 0 Å². The zero-order valence-corrected chi connectivity index (χ0v) is 11.5. The third kappa shape index (κ3) is 4.11. The van der Waals surface area contributed by atoms with Crippen LogP contribution in [0.5, 0.6) is 0 Å². The van der Waals surface area contributed by atoms with Crippen molar-refractivity contribution in [3.05, 3.63) is 0 Å². The van der Waals surface area contributed by atoms with Crippen molar-refractivity contribution in [2.75, 3.05) is 7.11 Å². The summed E-state index contributed by atoms with van der Waals surface area (Å²) in [4.78, 5) is 23.1. The average Bonchev–Trinajstić information content (AvgIpc) is 2.91. The van der Waals surface area contributed by atoms with E-state index in [0.717, 1.165) is 51.4 Å². The first-order valence-electron chi connectivity index (χ1n) is 7.24. The number of rotatable bonds is 3. The van der Waals surface area contributed by atoms with E-state index in [1.54, 1.807) is 0 Å². The van der Waals surface area contributed by atoms with Gasteiger partial charge in [-0.3, -0.25) is 4.79 Å². The molecule has 0 radical (unpaired) electrons. The average molecular weight is 269 g/mol. The van der Waals surface area contributed by atoms with Crippen molar-refractivity contribution >= 4 is 12.1 Å². The Bertz CT molecular complexity index is 317. The zero-order chi connectivity index (χ0) is 13.7. The molecule has 0 heterocycles. The molecular weight excluding hydrogens is 246 g/mol. The van der Waals surface area contributed by atoms with Gasteiger partial charge in [-0.25, -0.2) is 4.79 Å². The molecule has 5 heteroatoms. The van der Waals surface area contributed by atoms with Crippen LogP contribution < -0.4 is 5.32 Å². The highest BCUT2D eigenvalue weighted by Gasteiger charge is 2.28. The van der Waals surface area contributed by atoms with Gasteiger partial charge in [-0.1, -0.05) is 0 Å². The molecule has 0 aromatic carbocycles. The molecule has 0 unspecified atom stereocenters. The second-order valence-corrected chi connectivity index (χ2v) is 5.53. The van der Waals surface area contributed by atoms with Crippen LogP contribution in [0.25, 0.3) is 0 Å². The Hall–Kier alpha value is -1.26. The van der Waals surface area contributed by atoms with Crippen LogP contribution in [0, 0.1) is 5.92 Å². The first-order valence-corrected chi connectivity index (χ1v) is 7.24. The molecule has 2 fully saturated rings. The van der Waals surface area contributed by atoms with Gasteiger partial charge in [-0.15, -0.1) is 0 Å². The maximum Gasteiger partial charge on any atom is 0.407 e. The molecule has 2 rings (SSSR count). The summed E-state index contributed by atoms with van der Waals surface area (Å²) >= 11 is 0. The summed E-state index contributed by atoms with van der Waals surface area (Å²) in [6.07, 6.45) is 7.29. The maximum absolute atomic E-state index is 11.7. The van der Waals surface area contributed by atoms with Crippen LogP contribution in [0.15, 0.2) is 0 Å². The molecular formula is C14H23NO4. The molecule has 0 spiro atoms. The standard InChI is InChI=1S/C14H23NO4/c1-18-13(16)10-6-8-11(9-7-10)15-14(17)19-12-4-2-3-5-12/h10-12H,2-9H2,1H3,(H,15,17). The lowest BCUT2D eigenvalue weighted by Gasteiger charge is -2.27. The number of methoxy groups -OCH3 is 1. The summed E-state index contributed by atoms with van der Waals surface area (Å²) < 4.78 is 10.1. The lowest BCUT2D eigenvalue weighted by molar-refractivity contribution is -0.146. The van der Waals surface area contributed by atoms with Gasteiger partial charge < -0.3 is 14.8 Å². The van der Waals surface area contributed by atoms with E-state index in [4.69, 9.17) is 9.47 Å². The molecule has 2 saturated carbocycles. The van der Waals surface area contributed by atoms with Crippen LogP contribution in [-0.4, -0.2) is 31.3 Å². The van der Waals surface area contributed by atoms with Gasteiger partial charge in [-0.2, -0.15) is 0 Å². The molecule has 2 aliphatic rings. The first kappa shape index (κ1) is 14.2. The summed E-state index contributed by atoms with van der Waals surface area (Å²) in [7, 11) is 1.42. The Kier molecular flexibility index (Phi) is 5.05. The molecule has 0 bridgehead atoms.